The van der Waals surface area contributed by atoms with Crippen LogP contribution in [0.25, 0.3) is 0 Å². The Kier molecular flexibility index (Phi) is 5.12. The third kappa shape index (κ3) is 4.12. The van der Waals surface area contributed by atoms with E-state index in [-0.39, 0.29) is 5.91 Å². The summed E-state index contributed by atoms with van der Waals surface area (Å²) in [6.07, 6.45) is 13.9. The van der Waals surface area contributed by atoms with Gasteiger partial charge in [-0.2, -0.15) is 5.10 Å². The minimum atomic E-state index is 0.126. The fraction of sp³-hybridized carbons (Fsp3) is 0.720. The van der Waals surface area contributed by atoms with Crippen LogP contribution < -0.4 is 5.32 Å². The van der Waals surface area contributed by atoms with Gasteiger partial charge in [0.25, 0.3) is 0 Å². The van der Waals surface area contributed by atoms with Crippen molar-refractivity contribution in [2.75, 3.05) is 19.6 Å². The highest BCUT2D eigenvalue weighted by atomic mass is 16.5. The molecule has 7 heteroatoms. The standard InChI is InChI=1S/C25H35N5O2/c1-29-14-18(13-26-29)10-24(31)27-21-6-2-17(3-7-21)8-9-30-15-20-12-25(20,16-30)23-11-22(32-28-23)19-4-5-19/h11,13-14,17,19-21H,2-10,12,15-16H2,1H3,(H,27,31)/t17?,20-,21?,25-/m0/s1. The van der Waals surface area contributed by atoms with E-state index in [1.807, 2.05) is 13.2 Å². The second-order valence-corrected chi connectivity index (χ2v) is 11.0. The summed E-state index contributed by atoms with van der Waals surface area (Å²) in [6.45, 7) is 3.59. The Morgan fingerprint density at radius 1 is 1.25 bits per heavy atom. The highest BCUT2D eigenvalue weighted by Gasteiger charge is 2.62. The molecule has 0 aromatic carbocycles. The third-order valence-corrected chi connectivity index (χ3v) is 8.42. The van der Waals surface area contributed by atoms with Crippen LogP contribution in [0, 0.1) is 11.8 Å². The number of carbonyl (C=O) groups is 1. The average molecular weight is 438 g/mol. The van der Waals surface area contributed by atoms with Gasteiger partial charge in [0.1, 0.15) is 5.76 Å². The lowest BCUT2D eigenvalue weighted by Gasteiger charge is -2.30. The van der Waals surface area contributed by atoms with E-state index in [0.717, 1.165) is 42.5 Å². The maximum Gasteiger partial charge on any atom is 0.224 e. The Morgan fingerprint density at radius 2 is 2.09 bits per heavy atom. The molecule has 6 rings (SSSR count). The van der Waals surface area contributed by atoms with Crippen molar-refractivity contribution in [1.29, 1.82) is 0 Å². The Hall–Kier alpha value is -2.15. The van der Waals surface area contributed by atoms with Crippen molar-refractivity contribution in [3.8, 4) is 0 Å². The van der Waals surface area contributed by atoms with E-state index in [9.17, 15) is 4.79 Å². The molecule has 7 nitrogen and oxygen atoms in total. The first-order valence-electron chi connectivity index (χ1n) is 12.5. The lowest BCUT2D eigenvalue weighted by Crippen LogP contribution is -2.39. The molecule has 2 atom stereocenters. The van der Waals surface area contributed by atoms with Crippen LogP contribution in [0.5, 0.6) is 0 Å². The van der Waals surface area contributed by atoms with E-state index in [0.29, 0.717) is 23.8 Å². The summed E-state index contributed by atoms with van der Waals surface area (Å²) in [5.41, 5.74) is 2.51. The van der Waals surface area contributed by atoms with Gasteiger partial charge < -0.3 is 14.7 Å². The Bertz CT molecular complexity index is 971. The lowest BCUT2D eigenvalue weighted by molar-refractivity contribution is -0.121. The van der Waals surface area contributed by atoms with Crippen molar-refractivity contribution in [3.05, 3.63) is 35.5 Å². The fourth-order valence-corrected chi connectivity index (χ4v) is 6.23. The number of nitrogens with one attached hydrogen (secondary N) is 1. The first-order valence-corrected chi connectivity index (χ1v) is 12.5. The topological polar surface area (TPSA) is 76.2 Å². The number of aromatic nitrogens is 3. The molecule has 0 spiro atoms. The molecule has 1 N–H and O–H groups in total. The normalized spacial score (nSPS) is 32.1. The molecule has 4 aliphatic rings. The number of likely N-dealkylation sites (tertiary alicyclic amines) is 1. The van der Waals surface area contributed by atoms with Gasteiger partial charge in [0.05, 0.1) is 18.3 Å². The second kappa shape index (κ2) is 8.01. The number of amides is 1. The lowest BCUT2D eigenvalue weighted by atomic mass is 9.84. The van der Waals surface area contributed by atoms with Gasteiger partial charge >= 0.3 is 0 Å². The van der Waals surface area contributed by atoms with Crippen LogP contribution in [-0.2, 0) is 23.7 Å². The van der Waals surface area contributed by atoms with E-state index in [4.69, 9.17) is 4.52 Å². The van der Waals surface area contributed by atoms with Gasteiger partial charge in [-0.1, -0.05) is 5.16 Å². The zero-order valence-electron chi connectivity index (χ0n) is 19.1. The van der Waals surface area contributed by atoms with Gasteiger partial charge in [0.15, 0.2) is 0 Å². The minimum Gasteiger partial charge on any atom is -0.361 e. The zero-order valence-corrected chi connectivity index (χ0v) is 19.1. The summed E-state index contributed by atoms with van der Waals surface area (Å²) in [5, 5.41) is 11.9. The van der Waals surface area contributed by atoms with E-state index < -0.39 is 0 Å². The van der Waals surface area contributed by atoms with Crippen molar-refractivity contribution in [3.63, 3.8) is 0 Å². The molecular weight excluding hydrogens is 402 g/mol. The maximum atomic E-state index is 12.3. The van der Waals surface area contributed by atoms with Crippen LogP contribution in [0.2, 0.25) is 0 Å². The molecule has 2 aromatic heterocycles. The number of nitrogens with zero attached hydrogens (tertiary/aromatic N) is 4. The third-order valence-electron chi connectivity index (χ3n) is 8.42. The average Bonchev–Trinajstić information content (AvgIpc) is 3.59. The number of carbonyl (C=O) groups excluding carboxylic acids is 1. The van der Waals surface area contributed by atoms with Gasteiger partial charge in [-0.05, 0) is 75.3 Å². The highest BCUT2D eigenvalue weighted by Crippen LogP contribution is 2.59. The number of rotatable bonds is 8. The molecule has 0 unspecified atom stereocenters. The quantitative estimate of drug-likeness (QED) is 0.687. The molecule has 3 heterocycles. The molecular formula is C25H35N5O2. The second-order valence-electron chi connectivity index (χ2n) is 11.0. The Balaban J connectivity index is 0.921. The largest absolute Gasteiger partial charge is 0.361 e. The van der Waals surface area contributed by atoms with Crippen LogP contribution in [-0.4, -0.2) is 51.4 Å². The zero-order chi connectivity index (χ0) is 21.7. The van der Waals surface area contributed by atoms with E-state index in [2.05, 4.69) is 26.5 Å². The SMILES string of the molecule is Cn1cc(CC(=O)NC2CCC(CCN3C[C@@H]4C[C@]4(c4cc(C5CC5)on4)C3)CC2)cn1. The Labute approximate surface area is 189 Å². The van der Waals surface area contributed by atoms with Gasteiger partial charge in [-0.25, -0.2) is 0 Å². The van der Waals surface area contributed by atoms with Gasteiger partial charge in [-0.15, -0.1) is 0 Å². The van der Waals surface area contributed by atoms with Crippen molar-refractivity contribution >= 4 is 5.91 Å². The number of aryl methyl sites for hydroxylation is 1. The molecule has 3 saturated carbocycles. The van der Waals surface area contributed by atoms with Crippen molar-refractivity contribution in [2.24, 2.45) is 18.9 Å². The molecule has 0 radical (unpaired) electrons. The van der Waals surface area contributed by atoms with Crippen molar-refractivity contribution in [1.82, 2.24) is 25.2 Å². The first kappa shape index (κ1) is 20.5. The number of fused-ring (bicyclic) bond motifs is 1. The predicted molar refractivity (Wildman–Crippen MR) is 120 cm³/mol. The van der Waals surface area contributed by atoms with Crippen LogP contribution in [0.15, 0.2) is 23.0 Å². The maximum absolute atomic E-state index is 12.3. The molecule has 1 aliphatic heterocycles. The molecule has 172 valence electrons. The molecule has 2 aromatic rings. The predicted octanol–water partition coefficient (Wildman–Crippen LogP) is 3.17. The highest BCUT2D eigenvalue weighted by molar-refractivity contribution is 5.78. The van der Waals surface area contributed by atoms with Crippen molar-refractivity contribution in [2.45, 2.75) is 75.2 Å². The van der Waals surface area contributed by atoms with Gasteiger partial charge in [0, 0.05) is 49.8 Å². The van der Waals surface area contributed by atoms with Gasteiger partial charge in [0.2, 0.25) is 5.91 Å². The number of hydrogen-bond donors (Lipinski definition) is 1. The first-order chi connectivity index (χ1) is 15.6. The summed E-state index contributed by atoms with van der Waals surface area (Å²) in [7, 11) is 1.88. The van der Waals surface area contributed by atoms with E-state index in [1.165, 1.54) is 57.3 Å². The summed E-state index contributed by atoms with van der Waals surface area (Å²) in [5.74, 6) is 3.48. The monoisotopic (exact) mass is 437 g/mol. The van der Waals surface area contributed by atoms with Crippen molar-refractivity contribution < 1.29 is 9.32 Å². The molecule has 0 bridgehead atoms. The van der Waals surface area contributed by atoms with E-state index >= 15 is 0 Å². The molecule has 3 aliphatic carbocycles. The summed E-state index contributed by atoms with van der Waals surface area (Å²) in [4.78, 5) is 15.0. The Morgan fingerprint density at radius 3 is 2.84 bits per heavy atom. The number of hydrogen-bond acceptors (Lipinski definition) is 5. The smallest absolute Gasteiger partial charge is 0.224 e. The summed E-state index contributed by atoms with van der Waals surface area (Å²) >= 11 is 0. The van der Waals surface area contributed by atoms with E-state index in [1.54, 1.807) is 10.9 Å². The van der Waals surface area contributed by atoms with Gasteiger partial charge in [-0.3, -0.25) is 9.48 Å². The van der Waals surface area contributed by atoms with Crippen LogP contribution >= 0.6 is 0 Å². The van der Waals surface area contributed by atoms with Crippen LogP contribution in [0.3, 0.4) is 0 Å². The number of piperidine rings is 1. The molecule has 1 saturated heterocycles. The van der Waals surface area contributed by atoms with Crippen LogP contribution in [0.4, 0.5) is 0 Å². The minimum absolute atomic E-state index is 0.126. The molecule has 1 amide bonds. The van der Waals surface area contributed by atoms with Crippen LogP contribution in [0.1, 0.15) is 74.3 Å². The molecule has 32 heavy (non-hydrogen) atoms. The summed E-state index contributed by atoms with van der Waals surface area (Å²) in [6, 6.07) is 2.61. The fourth-order valence-electron chi connectivity index (χ4n) is 6.23. The summed E-state index contributed by atoms with van der Waals surface area (Å²) < 4.78 is 7.40. The molecule has 4 fully saturated rings.